The fourth-order valence-corrected chi connectivity index (χ4v) is 5.09. The molecule has 134 valence electrons. The van der Waals surface area contributed by atoms with Gasteiger partial charge in [0, 0.05) is 37.1 Å². The second-order valence-corrected chi connectivity index (χ2v) is 8.92. The molecule has 3 fully saturated rings. The predicted molar refractivity (Wildman–Crippen MR) is 104 cm³/mol. The summed E-state index contributed by atoms with van der Waals surface area (Å²) in [5, 5.41) is 0. The summed E-state index contributed by atoms with van der Waals surface area (Å²) >= 11 is 1.86. The van der Waals surface area contributed by atoms with Crippen molar-refractivity contribution in [3.63, 3.8) is 0 Å². The van der Waals surface area contributed by atoms with Crippen molar-refractivity contribution in [3.8, 4) is 0 Å². The number of aliphatic imine (C=N–C) groups is 1. The molecule has 2 heterocycles. The Balaban J connectivity index is 1.19. The first-order chi connectivity index (χ1) is 12.4. The highest BCUT2D eigenvalue weighted by Gasteiger charge is 2.31. The molecular weight excluding hydrogens is 328 g/mol. The molecule has 1 saturated heterocycles. The molecule has 4 nitrogen and oxygen atoms in total. The number of rotatable bonds is 4. The van der Waals surface area contributed by atoms with Gasteiger partial charge < -0.3 is 4.90 Å². The van der Waals surface area contributed by atoms with Gasteiger partial charge in [-0.3, -0.25) is 14.2 Å². The number of benzene rings is 1. The smallest absolute Gasteiger partial charge is 0.207 e. The minimum atomic E-state index is 0.843. The van der Waals surface area contributed by atoms with Crippen LogP contribution in [0.5, 0.6) is 0 Å². The van der Waals surface area contributed by atoms with Gasteiger partial charge in [-0.1, -0.05) is 18.6 Å². The van der Waals surface area contributed by atoms with Gasteiger partial charge in [-0.2, -0.15) is 0 Å². The third kappa shape index (κ3) is 3.41. The monoisotopic (exact) mass is 356 g/mol. The van der Waals surface area contributed by atoms with E-state index in [-0.39, 0.29) is 0 Å². The van der Waals surface area contributed by atoms with E-state index in [1.807, 2.05) is 11.9 Å². The highest BCUT2D eigenvalue weighted by molar-refractivity contribution is 7.97. The maximum absolute atomic E-state index is 4.83. The van der Waals surface area contributed by atoms with E-state index in [1.54, 1.807) is 0 Å². The largest absolute Gasteiger partial charge is 0.340 e. The summed E-state index contributed by atoms with van der Waals surface area (Å²) in [6.45, 7) is 6.65. The summed E-state index contributed by atoms with van der Waals surface area (Å²) in [7, 11) is 0. The van der Waals surface area contributed by atoms with Crippen LogP contribution in [0.1, 0.15) is 43.6 Å². The van der Waals surface area contributed by atoms with Crippen molar-refractivity contribution in [1.82, 2.24) is 14.1 Å². The van der Waals surface area contributed by atoms with Crippen molar-refractivity contribution in [3.05, 3.63) is 29.8 Å². The van der Waals surface area contributed by atoms with E-state index in [9.17, 15) is 0 Å². The molecule has 25 heavy (non-hydrogen) atoms. The first kappa shape index (κ1) is 16.0. The Morgan fingerprint density at radius 1 is 0.880 bits per heavy atom. The van der Waals surface area contributed by atoms with E-state index in [4.69, 9.17) is 4.99 Å². The summed E-state index contributed by atoms with van der Waals surface area (Å²) in [4.78, 5) is 11.4. The van der Waals surface area contributed by atoms with Crippen LogP contribution in [0.15, 0.2) is 34.2 Å². The Labute approximate surface area is 155 Å². The van der Waals surface area contributed by atoms with Gasteiger partial charge in [0.25, 0.3) is 0 Å². The summed E-state index contributed by atoms with van der Waals surface area (Å²) < 4.78 is 2.41. The van der Waals surface area contributed by atoms with E-state index in [2.05, 4.69) is 38.4 Å². The highest BCUT2D eigenvalue weighted by atomic mass is 32.2. The Morgan fingerprint density at radius 2 is 1.64 bits per heavy atom. The number of nitrogens with zero attached hydrogens (tertiary/aromatic N) is 4. The first-order valence-corrected chi connectivity index (χ1v) is 10.7. The molecule has 2 aliphatic carbocycles. The van der Waals surface area contributed by atoms with E-state index in [0.29, 0.717) is 0 Å². The van der Waals surface area contributed by atoms with Crippen LogP contribution in [0.4, 0.5) is 0 Å². The molecule has 5 heteroatoms. The van der Waals surface area contributed by atoms with Gasteiger partial charge in [-0.15, -0.1) is 0 Å². The minimum Gasteiger partial charge on any atom is -0.340 e. The topological polar surface area (TPSA) is 22.1 Å². The van der Waals surface area contributed by atoms with Crippen molar-refractivity contribution in [2.75, 3.05) is 39.3 Å². The van der Waals surface area contributed by atoms with Crippen molar-refractivity contribution in [2.24, 2.45) is 4.99 Å². The van der Waals surface area contributed by atoms with Crippen LogP contribution in [0.25, 0.3) is 0 Å². The predicted octanol–water partition coefficient (Wildman–Crippen LogP) is 3.41. The number of hydrogen-bond donors (Lipinski definition) is 0. The summed E-state index contributed by atoms with van der Waals surface area (Å²) in [5.41, 5.74) is 1.52. The van der Waals surface area contributed by atoms with Gasteiger partial charge in [0.2, 0.25) is 5.96 Å². The zero-order valence-electron chi connectivity index (χ0n) is 14.9. The normalized spacial score (nSPS) is 25.2. The SMILES string of the molecule is c1cc(C2CC2)ccc1SN1CCN=C1N1CCN(C2CCC2)CC1. The minimum absolute atomic E-state index is 0.843. The molecule has 0 N–H and O–H groups in total. The Morgan fingerprint density at radius 3 is 2.28 bits per heavy atom. The third-order valence-corrected chi connectivity index (χ3v) is 7.16. The zero-order valence-corrected chi connectivity index (χ0v) is 15.8. The van der Waals surface area contributed by atoms with Gasteiger partial charge >= 0.3 is 0 Å². The van der Waals surface area contributed by atoms with Gasteiger partial charge in [0.1, 0.15) is 0 Å². The highest BCUT2D eigenvalue weighted by Crippen LogP contribution is 2.40. The standard InChI is InChI=1S/C20H28N4S/c1-2-18(3-1)22-12-14-23(15-13-22)20-21-10-11-24(20)25-19-8-6-17(7-9-19)16-4-5-16/h6-9,16,18H,1-5,10-15H2. The Bertz CT molecular complexity index is 628. The molecule has 0 radical (unpaired) electrons. The Kier molecular flexibility index (Phi) is 4.38. The van der Waals surface area contributed by atoms with Gasteiger partial charge in [0.15, 0.2) is 0 Å². The quantitative estimate of drug-likeness (QED) is 0.771. The molecule has 0 amide bonds. The van der Waals surface area contributed by atoms with Crippen LogP contribution < -0.4 is 0 Å². The molecule has 0 atom stereocenters. The molecule has 0 spiro atoms. The summed E-state index contributed by atoms with van der Waals surface area (Å²) in [6, 6.07) is 10.1. The zero-order chi connectivity index (χ0) is 16.6. The molecule has 2 saturated carbocycles. The van der Waals surface area contributed by atoms with Gasteiger partial charge in [0.05, 0.1) is 13.1 Å². The van der Waals surface area contributed by atoms with Crippen molar-refractivity contribution < 1.29 is 0 Å². The Hall–Kier alpha value is -1.20. The average molecular weight is 357 g/mol. The van der Waals surface area contributed by atoms with E-state index < -0.39 is 0 Å². The molecule has 1 aromatic rings. The lowest BCUT2D eigenvalue weighted by Crippen LogP contribution is -2.55. The summed E-state index contributed by atoms with van der Waals surface area (Å²) in [5.74, 6) is 2.06. The molecule has 0 bridgehead atoms. The van der Waals surface area contributed by atoms with Crippen LogP contribution in [-0.4, -0.2) is 65.4 Å². The fraction of sp³-hybridized carbons (Fsp3) is 0.650. The van der Waals surface area contributed by atoms with Crippen molar-refractivity contribution in [1.29, 1.82) is 0 Å². The molecule has 1 aromatic carbocycles. The van der Waals surface area contributed by atoms with Crippen LogP contribution in [0.2, 0.25) is 0 Å². The average Bonchev–Trinajstić information content (AvgIpc) is 3.35. The number of piperazine rings is 1. The van der Waals surface area contributed by atoms with E-state index >= 15 is 0 Å². The molecule has 0 unspecified atom stereocenters. The first-order valence-electron chi connectivity index (χ1n) is 9.96. The molecule has 5 rings (SSSR count). The van der Waals surface area contributed by atoms with Gasteiger partial charge in [-0.25, -0.2) is 0 Å². The van der Waals surface area contributed by atoms with E-state index in [0.717, 1.165) is 38.1 Å². The lowest BCUT2D eigenvalue weighted by Gasteiger charge is -2.44. The van der Waals surface area contributed by atoms with Crippen molar-refractivity contribution in [2.45, 2.75) is 49.0 Å². The van der Waals surface area contributed by atoms with Crippen LogP contribution in [-0.2, 0) is 0 Å². The number of hydrogen-bond acceptors (Lipinski definition) is 5. The molecule has 0 aromatic heterocycles. The second-order valence-electron chi connectivity index (χ2n) is 7.83. The molecular formula is C20H28N4S. The lowest BCUT2D eigenvalue weighted by atomic mass is 9.91. The fourth-order valence-electron chi connectivity index (χ4n) is 4.15. The van der Waals surface area contributed by atoms with Crippen LogP contribution in [0, 0.1) is 0 Å². The molecule has 2 aliphatic heterocycles. The molecule has 4 aliphatic rings. The number of guanidine groups is 1. The lowest BCUT2D eigenvalue weighted by molar-refractivity contribution is 0.0835. The van der Waals surface area contributed by atoms with Crippen LogP contribution in [0.3, 0.4) is 0 Å². The second kappa shape index (κ2) is 6.84. The third-order valence-electron chi connectivity index (χ3n) is 6.11. The summed E-state index contributed by atoms with van der Waals surface area (Å²) in [6.07, 6.45) is 7.02. The van der Waals surface area contributed by atoms with E-state index in [1.165, 1.54) is 61.6 Å². The maximum Gasteiger partial charge on any atom is 0.207 e. The van der Waals surface area contributed by atoms with Crippen LogP contribution >= 0.6 is 11.9 Å². The maximum atomic E-state index is 4.83. The van der Waals surface area contributed by atoms with Crippen molar-refractivity contribution >= 4 is 17.9 Å². The van der Waals surface area contributed by atoms with Gasteiger partial charge in [-0.05, 0) is 61.2 Å².